The van der Waals surface area contributed by atoms with Crippen molar-refractivity contribution in [2.75, 3.05) is 24.7 Å². The van der Waals surface area contributed by atoms with Crippen LogP contribution in [0.2, 0.25) is 0 Å². The number of carbonyl (C=O) groups is 3. The first-order valence-corrected chi connectivity index (χ1v) is 13.7. The number of rotatable bonds is 12. The molecule has 6 N–H and O–H groups in total. The van der Waals surface area contributed by atoms with E-state index in [1.54, 1.807) is 16.8 Å². The van der Waals surface area contributed by atoms with Gasteiger partial charge in [-0.15, -0.1) is 0 Å². The van der Waals surface area contributed by atoms with Crippen molar-refractivity contribution in [2.45, 2.75) is 65.5 Å². The first-order chi connectivity index (χ1) is 19.1. The minimum atomic E-state index is -0.575. The lowest BCUT2D eigenvalue weighted by molar-refractivity contribution is -0.125. The minimum Gasteiger partial charge on any atom is -0.396 e. The van der Waals surface area contributed by atoms with Gasteiger partial charge >= 0.3 is 0 Å². The molecule has 0 unspecified atom stereocenters. The van der Waals surface area contributed by atoms with Crippen LogP contribution in [0.5, 0.6) is 0 Å². The van der Waals surface area contributed by atoms with E-state index in [2.05, 4.69) is 10.6 Å². The number of amides is 3. The van der Waals surface area contributed by atoms with Crippen LogP contribution in [0.4, 0.5) is 5.69 Å². The molecule has 3 amide bonds. The summed E-state index contributed by atoms with van der Waals surface area (Å²) in [7, 11) is 0. The molecule has 2 aromatic carbocycles. The van der Waals surface area contributed by atoms with Gasteiger partial charge in [0.15, 0.2) is 0 Å². The molecule has 0 bridgehead atoms. The number of nitrogens with two attached hydrogens (primary N) is 2. The highest BCUT2D eigenvalue weighted by Crippen LogP contribution is 2.37. The molecule has 216 valence electrons. The number of benzene rings is 2. The molecule has 1 aliphatic heterocycles. The predicted molar refractivity (Wildman–Crippen MR) is 157 cm³/mol. The summed E-state index contributed by atoms with van der Waals surface area (Å²) in [6.45, 7) is 8.84. The maximum atomic E-state index is 13.5. The number of hydrogen-bond donors (Lipinski definition) is 4. The summed E-state index contributed by atoms with van der Waals surface area (Å²) in [6.07, 6.45) is 1.11. The first kappa shape index (κ1) is 30.6. The number of carbonyl (C=O) groups excluding carboxylic acids is 3. The molecule has 0 spiro atoms. The van der Waals surface area contributed by atoms with Crippen LogP contribution in [0.3, 0.4) is 0 Å². The van der Waals surface area contributed by atoms with Crippen molar-refractivity contribution in [3.8, 4) is 0 Å². The second kappa shape index (κ2) is 14.0. The Bertz CT molecular complexity index is 1240. The largest absolute Gasteiger partial charge is 0.396 e. The van der Waals surface area contributed by atoms with Crippen LogP contribution in [-0.2, 0) is 25.7 Å². The Morgan fingerprint density at radius 3 is 2.35 bits per heavy atom. The Labute approximate surface area is 236 Å². The molecule has 10 nitrogen and oxygen atoms in total. The van der Waals surface area contributed by atoms with Crippen molar-refractivity contribution in [1.29, 1.82) is 0 Å². The second-order valence-electron chi connectivity index (χ2n) is 10.3. The van der Waals surface area contributed by atoms with Crippen molar-refractivity contribution in [1.82, 2.24) is 15.6 Å². The first-order valence-electron chi connectivity index (χ1n) is 13.7. The predicted octanol–water partition coefficient (Wildman–Crippen LogP) is 3.08. The highest BCUT2D eigenvalue weighted by Gasteiger charge is 2.29. The third kappa shape index (κ3) is 7.83. The lowest BCUT2D eigenvalue weighted by Crippen LogP contribution is -2.40. The number of fused-ring (bicyclic) bond motifs is 2. The van der Waals surface area contributed by atoms with Gasteiger partial charge < -0.3 is 31.0 Å². The van der Waals surface area contributed by atoms with Crippen LogP contribution in [0.1, 0.15) is 70.1 Å². The average molecular weight is 551 g/mol. The zero-order valence-corrected chi connectivity index (χ0v) is 24.0. The highest BCUT2D eigenvalue weighted by molar-refractivity contribution is 6.01. The summed E-state index contributed by atoms with van der Waals surface area (Å²) in [5.41, 5.74) is 10.4. The Hall–Kier alpha value is -3.89. The molecule has 0 aromatic heterocycles. The van der Waals surface area contributed by atoms with E-state index in [-0.39, 0.29) is 37.3 Å². The van der Waals surface area contributed by atoms with E-state index >= 15 is 0 Å². The molecule has 3 rings (SSSR count). The SMILES string of the molecule is CCNC(=O)CCC(=O)N1Cc2ccccc2/C(N)=C(/N(N)CCC(C)(C)OCNC(=O)CC)c2ccccc21. The lowest BCUT2D eigenvalue weighted by Gasteiger charge is -2.34. The van der Waals surface area contributed by atoms with Crippen molar-refractivity contribution in [3.05, 3.63) is 65.2 Å². The number of para-hydroxylation sites is 1. The number of anilines is 1. The van der Waals surface area contributed by atoms with Crippen LogP contribution in [0.15, 0.2) is 48.5 Å². The van der Waals surface area contributed by atoms with E-state index in [1.807, 2.05) is 69.3 Å². The second-order valence-corrected chi connectivity index (χ2v) is 10.3. The normalized spacial score (nSPS) is 14.9. The number of hydrogen-bond acceptors (Lipinski definition) is 7. The smallest absolute Gasteiger partial charge is 0.227 e. The quantitative estimate of drug-likeness (QED) is 0.181. The highest BCUT2D eigenvalue weighted by atomic mass is 16.5. The molecule has 1 heterocycles. The van der Waals surface area contributed by atoms with Gasteiger partial charge in [-0.2, -0.15) is 0 Å². The summed E-state index contributed by atoms with van der Waals surface area (Å²) in [5.74, 6) is 6.30. The number of ether oxygens (including phenoxy) is 1. The van der Waals surface area contributed by atoms with E-state index in [0.29, 0.717) is 49.6 Å². The van der Waals surface area contributed by atoms with Gasteiger partial charge in [-0.1, -0.05) is 49.4 Å². The summed E-state index contributed by atoms with van der Waals surface area (Å²) >= 11 is 0. The van der Waals surface area contributed by atoms with Crippen LogP contribution in [-0.4, -0.2) is 48.2 Å². The fourth-order valence-electron chi connectivity index (χ4n) is 4.54. The van der Waals surface area contributed by atoms with Crippen molar-refractivity contribution in [3.63, 3.8) is 0 Å². The van der Waals surface area contributed by atoms with E-state index in [4.69, 9.17) is 16.3 Å². The topological polar surface area (TPSA) is 143 Å². The maximum Gasteiger partial charge on any atom is 0.227 e. The average Bonchev–Trinajstić information content (AvgIpc) is 2.93. The fourth-order valence-corrected chi connectivity index (χ4v) is 4.54. The summed E-state index contributed by atoms with van der Waals surface area (Å²) < 4.78 is 5.90. The van der Waals surface area contributed by atoms with Gasteiger partial charge in [0.05, 0.1) is 29.2 Å². The summed E-state index contributed by atoms with van der Waals surface area (Å²) in [5, 5.41) is 7.08. The van der Waals surface area contributed by atoms with Crippen molar-refractivity contribution >= 4 is 34.8 Å². The standard InChI is InChI=1S/C30H42N6O4/c1-5-25(37)34-20-40-30(3,4)17-18-36(32)29-23-13-9-10-14-24(23)35(27(39)16-15-26(38)33-6-2)19-21-11-7-8-12-22(21)28(29)31/h7-14H,5-6,15-20,31-32H2,1-4H3,(H,33,38)(H,34,37)/b29-28-. The van der Waals surface area contributed by atoms with Gasteiger partial charge in [0.1, 0.15) is 6.73 Å². The van der Waals surface area contributed by atoms with E-state index in [0.717, 1.165) is 16.7 Å². The molecule has 10 heteroatoms. The van der Waals surface area contributed by atoms with Gasteiger partial charge in [0.25, 0.3) is 0 Å². The number of nitrogens with one attached hydrogen (secondary N) is 2. The number of hydrazine groups is 1. The van der Waals surface area contributed by atoms with E-state index in [1.165, 1.54) is 0 Å². The molecule has 40 heavy (non-hydrogen) atoms. The Kier molecular flexibility index (Phi) is 10.7. The van der Waals surface area contributed by atoms with Gasteiger partial charge in [0, 0.05) is 43.5 Å². The third-order valence-electron chi connectivity index (χ3n) is 6.88. The van der Waals surface area contributed by atoms with Gasteiger partial charge in [0.2, 0.25) is 17.7 Å². The molecular formula is C30H42N6O4. The van der Waals surface area contributed by atoms with Crippen molar-refractivity contribution in [2.24, 2.45) is 11.6 Å². The van der Waals surface area contributed by atoms with E-state index in [9.17, 15) is 14.4 Å². The van der Waals surface area contributed by atoms with Crippen LogP contribution < -0.4 is 27.1 Å². The van der Waals surface area contributed by atoms with Gasteiger partial charge in [-0.25, -0.2) is 5.84 Å². The third-order valence-corrected chi connectivity index (χ3v) is 6.88. The van der Waals surface area contributed by atoms with Crippen LogP contribution >= 0.6 is 0 Å². The zero-order chi connectivity index (χ0) is 29.3. The zero-order valence-electron chi connectivity index (χ0n) is 24.0. The lowest BCUT2D eigenvalue weighted by atomic mass is 9.95. The fraction of sp³-hybridized carbons (Fsp3) is 0.433. The Morgan fingerprint density at radius 2 is 1.65 bits per heavy atom. The maximum absolute atomic E-state index is 13.5. The number of nitrogens with zero attached hydrogens (tertiary/aromatic N) is 2. The van der Waals surface area contributed by atoms with Gasteiger partial charge in [-0.05, 0) is 38.8 Å². The molecule has 0 atom stereocenters. The Balaban J connectivity index is 1.94. The molecule has 1 aliphatic rings. The molecule has 0 fully saturated rings. The molecule has 0 saturated heterocycles. The van der Waals surface area contributed by atoms with Crippen LogP contribution in [0.25, 0.3) is 11.4 Å². The molecule has 0 saturated carbocycles. The summed E-state index contributed by atoms with van der Waals surface area (Å²) in [4.78, 5) is 38.9. The van der Waals surface area contributed by atoms with Crippen LogP contribution in [0, 0.1) is 0 Å². The monoisotopic (exact) mass is 550 g/mol. The van der Waals surface area contributed by atoms with Gasteiger partial charge in [-0.3, -0.25) is 14.4 Å². The van der Waals surface area contributed by atoms with E-state index < -0.39 is 5.60 Å². The molecule has 0 radical (unpaired) electrons. The molecule has 2 aromatic rings. The minimum absolute atomic E-state index is 0.0727. The van der Waals surface area contributed by atoms with Crippen molar-refractivity contribution < 1.29 is 19.1 Å². The Morgan fingerprint density at radius 1 is 0.975 bits per heavy atom. The summed E-state index contributed by atoms with van der Waals surface area (Å²) in [6, 6.07) is 15.2. The molecular weight excluding hydrogens is 508 g/mol. The molecule has 0 aliphatic carbocycles.